The van der Waals surface area contributed by atoms with Crippen LogP contribution in [0.2, 0.25) is 10.0 Å². The summed E-state index contributed by atoms with van der Waals surface area (Å²) < 4.78 is 0. The van der Waals surface area contributed by atoms with Crippen molar-refractivity contribution >= 4 is 46.6 Å². The molecule has 0 aliphatic carbocycles. The van der Waals surface area contributed by atoms with E-state index in [0.717, 1.165) is 5.75 Å². The molecule has 1 unspecified atom stereocenters. The zero-order chi connectivity index (χ0) is 12.3. The molecule has 0 radical (unpaired) electrons. The largest absolute Gasteiger partial charge is 0.372 e. The molecule has 1 fully saturated rings. The third-order valence-corrected chi connectivity index (χ3v) is 4.46. The van der Waals surface area contributed by atoms with Gasteiger partial charge in [0.2, 0.25) is 0 Å². The molecule has 0 bridgehead atoms. The van der Waals surface area contributed by atoms with Crippen LogP contribution >= 0.6 is 35.0 Å². The third-order valence-electron chi connectivity index (χ3n) is 2.67. The van der Waals surface area contributed by atoms with Crippen LogP contribution < -0.4 is 10.6 Å². The van der Waals surface area contributed by atoms with Crippen LogP contribution in [0.25, 0.3) is 0 Å². The lowest BCUT2D eigenvalue weighted by Crippen LogP contribution is -2.26. The zero-order valence-corrected chi connectivity index (χ0v) is 11.9. The molecule has 17 heavy (non-hydrogen) atoms. The van der Waals surface area contributed by atoms with E-state index in [1.807, 2.05) is 11.8 Å². The molecule has 1 aliphatic rings. The lowest BCUT2D eigenvalue weighted by molar-refractivity contribution is 0.682. The average Bonchev–Trinajstić information content (AvgIpc) is 2.34. The van der Waals surface area contributed by atoms with Crippen molar-refractivity contribution in [1.29, 1.82) is 0 Å². The van der Waals surface area contributed by atoms with Gasteiger partial charge in [0.15, 0.2) is 0 Å². The Morgan fingerprint density at radius 3 is 2.76 bits per heavy atom. The topological polar surface area (TPSA) is 37.0 Å². The number of halogens is 2. The number of rotatable bonds is 3. The van der Waals surface area contributed by atoms with Gasteiger partial charge in [0.05, 0.1) is 10.0 Å². The zero-order valence-electron chi connectivity index (χ0n) is 9.59. The van der Waals surface area contributed by atoms with Gasteiger partial charge in [-0.3, -0.25) is 0 Å². The Bertz CT molecular complexity index is 395. The molecular weight excluding hydrogens is 277 g/mol. The molecule has 0 saturated carbocycles. The van der Waals surface area contributed by atoms with Crippen LogP contribution in [0.5, 0.6) is 0 Å². The highest BCUT2D eigenvalue weighted by Gasteiger charge is 2.16. The first-order valence-electron chi connectivity index (χ1n) is 5.59. The Kier molecular flexibility index (Phi) is 4.65. The number of pyridine rings is 1. The highest BCUT2D eigenvalue weighted by molar-refractivity contribution is 7.99. The number of nitrogens with zero attached hydrogens (tertiary/aromatic N) is 1. The molecule has 1 aliphatic heterocycles. The second-order valence-corrected chi connectivity index (χ2v) is 5.92. The normalized spacial score (nSPS) is 20.1. The van der Waals surface area contributed by atoms with Crippen molar-refractivity contribution in [3.63, 3.8) is 0 Å². The summed E-state index contributed by atoms with van der Waals surface area (Å²) in [6.45, 7) is 0. The SMILES string of the molecule is CNc1nc(NC2CCCSC2)c(Cl)cc1Cl. The van der Waals surface area contributed by atoms with Crippen LogP contribution in [0.3, 0.4) is 0 Å². The van der Waals surface area contributed by atoms with Crippen LogP contribution in [0.4, 0.5) is 11.6 Å². The molecule has 0 spiro atoms. The summed E-state index contributed by atoms with van der Waals surface area (Å²) in [5.41, 5.74) is 0. The van der Waals surface area contributed by atoms with E-state index in [1.165, 1.54) is 18.6 Å². The quantitative estimate of drug-likeness (QED) is 0.890. The van der Waals surface area contributed by atoms with Gasteiger partial charge in [-0.1, -0.05) is 23.2 Å². The molecule has 1 saturated heterocycles. The number of nitrogens with one attached hydrogen (secondary N) is 2. The fourth-order valence-corrected chi connectivity index (χ4v) is 3.37. The van der Waals surface area contributed by atoms with Gasteiger partial charge < -0.3 is 10.6 Å². The Morgan fingerprint density at radius 2 is 2.12 bits per heavy atom. The first-order chi connectivity index (χ1) is 8.20. The van der Waals surface area contributed by atoms with Crippen molar-refractivity contribution in [1.82, 2.24) is 4.98 Å². The summed E-state index contributed by atoms with van der Waals surface area (Å²) in [7, 11) is 1.79. The van der Waals surface area contributed by atoms with E-state index in [9.17, 15) is 0 Å². The predicted octanol–water partition coefficient (Wildman–Crippen LogP) is 3.74. The summed E-state index contributed by atoms with van der Waals surface area (Å²) in [4.78, 5) is 4.39. The number of hydrogen-bond acceptors (Lipinski definition) is 4. The number of hydrogen-bond donors (Lipinski definition) is 2. The highest BCUT2D eigenvalue weighted by Crippen LogP contribution is 2.30. The second-order valence-electron chi connectivity index (χ2n) is 3.96. The average molecular weight is 292 g/mol. The molecule has 6 heteroatoms. The Morgan fingerprint density at radius 1 is 1.35 bits per heavy atom. The standard InChI is InChI=1S/C11H15Cl2N3S/c1-14-10-8(12)5-9(13)11(16-10)15-7-3-2-4-17-6-7/h5,7H,2-4,6H2,1H3,(H2,14,15,16). The fourth-order valence-electron chi connectivity index (χ4n) is 1.79. The molecular formula is C11H15Cl2N3S. The summed E-state index contributed by atoms with van der Waals surface area (Å²) >= 11 is 14.1. The molecule has 2 N–H and O–H groups in total. The van der Waals surface area contributed by atoms with Crippen molar-refractivity contribution in [3.8, 4) is 0 Å². The maximum Gasteiger partial charge on any atom is 0.147 e. The third kappa shape index (κ3) is 3.33. The van der Waals surface area contributed by atoms with Crippen molar-refractivity contribution in [2.75, 3.05) is 29.2 Å². The van der Waals surface area contributed by atoms with Crippen LogP contribution in [-0.4, -0.2) is 29.6 Å². The van der Waals surface area contributed by atoms with Gasteiger partial charge >= 0.3 is 0 Å². The fraction of sp³-hybridized carbons (Fsp3) is 0.545. The van der Waals surface area contributed by atoms with Crippen molar-refractivity contribution in [3.05, 3.63) is 16.1 Å². The molecule has 1 aromatic rings. The number of aromatic nitrogens is 1. The predicted molar refractivity (Wildman–Crippen MR) is 77.8 cm³/mol. The van der Waals surface area contributed by atoms with Gasteiger partial charge in [-0.25, -0.2) is 4.98 Å². The van der Waals surface area contributed by atoms with Gasteiger partial charge in [-0.2, -0.15) is 11.8 Å². The van der Waals surface area contributed by atoms with E-state index in [1.54, 1.807) is 13.1 Å². The smallest absolute Gasteiger partial charge is 0.147 e. The van der Waals surface area contributed by atoms with Crippen molar-refractivity contribution < 1.29 is 0 Å². The molecule has 0 amide bonds. The van der Waals surface area contributed by atoms with Crippen LogP contribution in [0, 0.1) is 0 Å². The van der Waals surface area contributed by atoms with E-state index in [-0.39, 0.29) is 0 Å². The summed E-state index contributed by atoms with van der Waals surface area (Å²) in [6, 6.07) is 2.17. The Balaban J connectivity index is 2.13. The minimum Gasteiger partial charge on any atom is -0.372 e. The van der Waals surface area contributed by atoms with Gasteiger partial charge in [0, 0.05) is 18.8 Å². The minimum atomic E-state index is 0.449. The molecule has 94 valence electrons. The summed E-state index contributed by atoms with van der Waals surface area (Å²) in [6.07, 6.45) is 2.41. The monoisotopic (exact) mass is 291 g/mol. The van der Waals surface area contributed by atoms with E-state index >= 15 is 0 Å². The maximum atomic E-state index is 6.13. The van der Waals surface area contributed by atoms with Crippen molar-refractivity contribution in [2.24, 2.45) is 0 Å². The lowest BCUT2D eigenvalue weighted by atomic mass is 10.2. The maximum absolute atomic E-state index is 6.13. The highest BCUT2D eigenvalue weighted by atomic mass is 35.5. The van der Waals surface area contributed by atoms with E-state index in [2.05, 4.69) is 15.6 Å². The minimum absolute atomic E-state index is 0.449. The number of anilines is 2. The van der Waals surface area contributed by atoms with Crippen molar-refractivity contribution in [2.45, 2.75) is 18.9 Å². The van der Waals surface area contributed by atoms with Crippen LogP contribution in [0.1, 0.15) is 12.8 Å². The van der Waals surface area contributed by atoms with Crippen LogP contribution in [0.15, 0.2) is 6.07 Å². The first-order valence-corrected chi connectivity index (χ1v) is 7.50. The van der Waals surface area contributed by atoms with Gasteiger partial charge in [-0.05, 0) is 24.7 Å². The van der Waals surface area contributed by atoms with Crippen LogP contribution in [-0.2, 0) is 0 Å². The van der Waals surface area contributed by atoms with Gasteiger partial charge in [0.1, 0.15) is 11.6 Å². The van der Waals surface area contributed by atoms with Gasteiger partial charge in [0.25, 0.3) is 0 Å². The molecule has 1 aromatic heterocycles. The van der Waals surface area contributed by atoms with E-state index in [4.69, 9.17) is 23.2 Å². The summed E-state index contributed by atoms with van der Waals surface area (Å²) in [5, 5.41) is 7.46. The lowest BCUT2D eigenvalue weighted by Gasteiger charge is -2.23. The Hall–Kier alpha value is -0.320. The van der Waals surface area contributed by atoms with E-state index in [0.29, 0.717) is 27.7 Å². The van der Waals surface area contributed by atoms with Gasteiger partial charge in [-0.15, -0.1) is 0 Å². The molecule has 2 heterocycles. The Labute approximate surface area is 116 Å². The second kappa shape index (κ2) is 6.03. The molecule has 2 rings (SSSR count). The molecule has 3 nitrogen and oxygen atoms in total. The summed E-state index contributed by atoms with van der Waals surface area (Å²) in [5.74, 6) is 3.73. The molecule has 1 atom stereocenters. The number of thioether (sulfide) groups is 1. The first kappa shape index (κ1) is 13.1. The van der Waals surface area contributed by atoms with E-state index < -0.39 is 0 Å². The molecule has 0 aromatic carbocycles.